The van der Waals surface area contributed by atoms with Gasteiger partial charge in [0.2, 0.25) is 0 Å². The second kappa shape index (κ2) is 6.56. The Morgan fingerprint density at radius 2 is 1.96 bits per heavy atom. The maximum atomic E-state index is 8.88. The summed E-state index contributed by atoms with van der Waals surface area (Å²) >= 11 is 0. The molecule has 1 aliphatic rings. The highest BCUT2D eigenvalue weighted by molar-refractivity contribution is 5.76. The Bertz CT molecular complexity index is 911. The minimum atomic E-state index is 0.469. The molecule has 126 valence electrons. The van der Waals surface area contributed by atoms with Crippen LogP contribution in [-0.2, 0) is 6.42 Å². The molecule has 0 saturated carbocycles. The zero-order chi connectivity index (χ0) is 17.2. The fraction of sp³-hybridized carbons (Fsp3) is 0.350. The van der Waals surface area contributed by atoms with E-state index in [0.29, 0.717) is 11.7 Å². The maximum Gasteiger partial charge on any atom is 0.140 e. The Kier molecular flexibility index (Phi) is 4.10. The minimum Gasteiger partial charge on any atom is -0.370 e. The summed E-state index contributed by atoms with van der Waals surface area (Å²) in [4.78, 5) is 11.4. The van der Waals surface area contributed by atoms with Crippen LogP contribution in [0, 0.1) is 11.3 Å². The van der Waals surface area contributed by atoms with Crippen molar-refractivity contribution >= 4 is 16.7 Å². The predicted octanol–water partition coefficient (Wildman–Crippen LogP) is 3.71. The van der Waals surface area contributed by atoms with Gasteiger partial charge in [0.25, 0.3) is 0 Å². The molecule has 3 heterocycles. The van der Waals surface area contributed by atoms with Gasteiger partial charge in [0, 0.05) is 25.6 Å². The van der Waals surface area contributed by atoms with Crippen LogP contribution in [0.2, 0.25) is 0 Å². The van der Waals surface area contributed by atoms with E-state index in [-0.39, 0.29) is 0 Å². The third kappa shape index (κ3) is 2.85. The Labute approximate surface area is 147 Å². The van der Waals surface area contributed by atoms with Gasteiger partial charge in [-0.2, -0.15) is 5.26 Å². The second-order valence-corrected chi connectivity index (χ2v) is 6.47. The Morgan fingerprint density at radius 1 is 1.16 bits per heavy atom. The van der Waals surface area contributed by atoms with Crippen molar-refractivity contribution in [2.45, 2.75) is 32.2 Å². The summed E-state index contributed by atoms with van der Waals surface area (Å²) in [5.74, 6) is 1.18. The topological polar surface area (TPSA) is 57.7 Å². The van der Waals surface area contributed by atoms with Crippen molar-refractivity contribution in [1.29, 1.82) is 5.26 Å². The first-order chi connectivity index (χ1) is 12.3. The average molecular weight is 331 g/mol. The number of fused-ring (bicyclic) bond motifs is 1. The van der Waals surface area contributed by atoms with Gasteiger partial charge in [0.1, 0.15) is 17.6 Å². The van der Waals surface area contributed by atoms with E-state index >= 15 is 0 Å². The van der Waals surface area contributed by atoms with Crippen molar-refractivity contribution in [3.8, 4) is 6.07 Å². The quantitative estimate of drug-likeness (QED) is 0.734. The van der Waals surface area contributed by atoms with Gasteiger partial charge in [-0.3, -0.25) is 0 Å². The number of piperidine rings is 1. The molecule has 1 saturated heterocycles. The van der Waals surface area contributed by atoms with Crippen LogP contribution < -0.4 is 4.90 Å². The first-order valence-corrected chi connectivity index (χ1v) is 8.87. The normalized spacial score (nSPS) is 15.4. The van der Waals surface area contributed by atoms with Crippen LogP contribution in [0.15, 0.2) is 42.6 Å². The molecule has 1 aromatic carbocycles. The summed E-state index contributed by atoms with van der Waals surface area (Å²) in [6.45, 7) is 4.16. The van der Waals surface area contributed by atoms with E-state index in [2.05, 4.69) is 51.7 Å². The lowest BCUT2D eigenvalue weighted by molar-refractivity contribution is 0.395. The van der Waals surface area contributed by atoms with E-state index in [0.717, 1.165) is 43.6 Å². The van der Waals surface area contributed by atoms with Gasteiger partial charge in [-0.1, -0.05) is 19.1 Å². The van der Waals surface area contributed by atoms with Crippen LogP contribution in [0.1, 0.15) is 37.3 Å². The maximum absolute atomic E-state index is 8.88. The van der Waals surface area contributed by atoms with E-state index in [1.807, 2.05) is 12.3 Å². The van der Waals surface area contributed by atoms with Gasteiger partial charge < -0.3 is 9.47 Å². The lowest BCUT2D eigenvalue weighted by Crippen LogP contribution is -2.35. The highest BCUT2D eigenvalue weighted by Gasteiger charge is 2.24. The molecule has 5 heteroatoms. The number of nitriles is 1. The van der Waals surface area contributed by atoms with Gasteiger partial charge in [-0.25, -0.2) is 9.97 Å². The molecule has 3 aromatic rings. The molecule has 5 nitrogen and oxygen atoms in total. The third-order valence-electron chi connectivity index (χ3n) is 5.04. The number of aryl methyl sites for hydroxylation is 1. The van der Waals surface area contributed by atoms with E-state index in [1.165, 1.54) is 11.3 Å². The van der Waals surface area contributed by atoms with E-state index < -0.39 is 0 Å². The molecular weight excluding hydrogens is 310 g/mol. The number of rotatable bonds is 3. The van der Waals surface area contributed by atoms with Gasteiger partial charge in [-0.05, 0) is 37.1 Å². The zero-order valence-electron chi connectivity index (χ0n) is 14.4. The average Bonchev–Trinajstić information content (AvgIpc) is 3.07. The molecule has 1 aliphatic heterocycles. The number of pyridine rings is 1. The van der Waals surface area contributed by atoms with Gasteiger partial charge in [0.05, 0.1) is 22.9 Å². The number of aromatic nitrogens is 3. The summed E-state index contributed by atoms with van der Waals surface area (Å²) < 4.78 is 2.45. The largest absolute Gasteiger partial charge is 0.370 e. The Balaban J connectivity index is 1.55. The molecule has 4 rings (SSSR count). The molecule has 1 fully saturated rings. The zero-order valence-corrected chi connectivity index (χ0v) is 14.4. The molecule has 0 amide bonds. The molecule has 0 aliphatic carbocycles. The van der Waals surface area contributed by atoms with Crippen molar-refractivity contribution < 1.29 is 0 Å². The van der Waals surface area contributed by atoms with Crippen LogP contribution >= 0.6 is 0 Å². The third-order valence-corrected chi connectivity index (χ3v) is 5.04. The fourth-order valence-corrected chi connectivity index (χ4v) is 3.77. The Hall–Kier alpha value is -2.87. The standard InChI is InChI=1S/C20H21N5/c1-2-20-23-18-5-3-4-6-19(18)25(20)16-9-11-24(12-10-16)17-8-7-15(13-21)22-14-17/h3-8,14,16H,2,9-12H2,1H3. The van der Waals surface area contributed by atoms with Crippen molar-refractivity contribution in [1.82, 2.24) is 14.5 Å². The van der Waals surface area contributed by atoms with Gasteiger partial charge in [-0.15, -0.1) is 0 Å². The molecule has 25 heavy (non-hydrogen) atoms. The van der Waals surface area contributed by atoms with Gasteiger partial charge in [0.15, 0.2) is 0 Å². The van der Waals surface area contributed by atoms with E-state index in [1.54, 1.807) is 6.07 Å². The molecule has 2 aromatic heterocycles. The smallest absolute Gasteiger partial charge is 0.140 e. The summed E-state index contributed by atoms with van der Waals surface area (Å²) in [5, 5.41) is 8.88. The number of hydrogen-bond donors (Lipinski definition) is 0. The Morgan fingerprint density at radius 3 is 2.64 bits per heavy atom. The predicted molar refractivity (Wildman–Crippen MR) is 98.5 cm³/mol. The monoisotopic (exact) mass is 331 g/mol. The summed E-state index contributed by atoms with van der Waals surface area (Å²) in [7, 11) is 0. The van der Waals surface area contributed by atoms with Crippen LogP contribution in [-0.4, -0.2) is 27.6 Å². The number of nitrogens with zero attached hydrogens (tertiary/aromatic N) is 5. The molecule has 0 bridgehead atoms. The summed E-state index contributed by atoms with van der Waals surface area (Å²) in [5.41, 5.74) is 3.91. The number of imidazole rings is 1. The number of para-hydroxylation sites is 2. The molecule has 0 atom stereocenters. The fourth-order valence-electron chi connectivity index (χ4n) is 3.77. The summed E-state index contributed by atoms with van der Waals surface area (Å²) in [6, 6.07) is 14.8. The van der Waals surface area contributed by atoms with Crippen LogP contribution in [0.25, 0.3) is 11.0 Å². The molecule has 0 spiro atoms. The highest BCUT2D eigenvalue weighted by atomic mass is 15.2. The molecule has 0 radical (unpaired) electrons. The van der Waals surface area contributed by atoms with Crippen LogP contribution in [0.3, 0.4) is 0 Å². The molecule has 0 N–H and O–H groups in total. The van der Waals surface area contributed by atoms with Gasteiger partial charge >= 0.3 is 0 Å². The number of benzene rings is 1. The number of hydrogen-bond acceptors (Lipinski definition) is 4. The SMILES string of the molecule is CCc1nc2ccccc2n1C1CCN(c2ccc(C#N)nc2)CC1. The number of anilines is 1. The van der Waals surface area contributed by atoms with Crippen molar-refractivity contribution in [2.24, 2.45) is 0 Å². The van der Waals surface area contributed by atoms with Crippen LogP contribution in [0.5, 0.6) is 0 Å². The first-order valence-electron chi connectivity index (χ1n) is 8.87. The minimum absolute atomic E-state index is 0.469. The first kappa shape index (κ1) is 15.6. The molecule has 0 unspecified atom stereocenters. The van der Waals surface area contributed by atoms with Crippen molar-refractivity contribution in [2.75, 3.05) is 18.0 Å². The van der Waals surface area contributed by atoms with Crippen molar-refractivity contribution in [3.63, 3.8) is 0 Å². The lowest BCUT2D eigenvalue weighted by Gasteiger charge is -2.34. The van der Waals surface area contributed by atoms with Crippen molar-refractivity contribution in [3.05, 3.63) is 54.1 Å². The summed E-state index contributed by atoms with van der Waals surface area (Å²) in [6.07, 6.45) is 4.94. The lowest BCUT2D eigenvalue weighted by atomic mass is 10.0. The van der Waals surface area contributed by atoms with Crippen LogP contribution in [0.4, 0.5) is 5.69 Å². The molecular formula is C20H21N5. The van der Waals surface area contributed by atoms with E-state index in [9.17, 15) is 0 Å². The highest BCUT2D eigenvalue weighted by Crippen LogP contribution is 2.30. The van der Waals surface area contributed by atoms with E-state index in [4.69, 9.17) is 10.2 Å². The second-order valence-electron chi connectivity index (χ2n) is 6.47.